The van der Waals surface area contributed by atoms with Crippen molar-refractivity contribution >= 4 is 49.6 Å². The molecule has 3 atom stereocenters. The summed E-state index contributed by atoms with van der Waals surface area (Å²) in [6, 6.07) is 1.21. The van der Waals surface area contributed by atoms with E-state index in [4.69, 9.17) is 20.9 Å². The molecule has 0 spiro atoms. The maximum Gasteiger partial charge on any atom is 0.263 e. The molecule has 12 heteroatoms. The Morgan fingerprint density at radius 3 is 2.91 bits per heavy atom. The number of nitrogens with zero attached hydrogens (tertiary/aromatic N) is 3. The van der Waals surface area contributed by atoms with Crippen molar-refractivity contribution in [3.63, 3.8) is 0 Å². The van der Waals surface area contributed by atoms with Crippen LogP contribution in [0.4, 0.5) is 15.9 Å². The van der Waals surface area contributed by atoms with Gasteiger partial charge in [0.05, 0.1) is 40.8 Å². The minimum Gasteiger partial charge on any atom is -0.396 e. The van der Waals surface area contributed by atoms with Crippen molar-refractivity contribution in [3.05, 3.63) is 33.0 Å². The average molecular weight is 521 g/mol. The molecule has 1 aliphatic carbocycles. The van der Waals surface area contributed by atoms with E-state index in [2.05, 4.69) is 15.3 Å². The average Bonchev–Trinajstić information content (AvgIpc) is 3.46. The number of hydrogen-bond donors (Lipinski definition) is 3. The zero-order valence-electron chi connectivity index (χ0n) is 19.7. The summed E-state index contributed by atoms with van der Waals surface area (Å²) in [6.45, 7) is 3.82. The standard InChI is InChI=1S/C23H29FN6O3S2/c1-11-27-23-20(34-11)18(26)19(35-23)22(31)28-13-3-4-16-12(7-13)8-14(24)21(29-16)30-9-15(25)17(10-30)33-6-5-32-2/h8,13,15,17H,3-7,9-10,25-26H2,1-2H3,(H,28,31). The van der Waals surface area contributed by atoms with Crippen LogP contribution in [0.5, 0.6) is 0 Å². The lowest BCUT2D eigenvalue weighted by Gasteiger charge is -2.27. The number of hydrogen-bond acceptors (Lipinski definition) is 10. The fraction of sp³-hybridized carbons (Fsp3) is 0.522. The third kappa shape index (κ3) is 4.85. The minimum absolute atomic E-state index is 0.116. The first-order valence-electron chi connectivity index (χ1n) is 11.6. The lowest BCUT2D eigenvalue weighted by atomic mass is 9.91. The van der Waals surface area contributed by atoms with Crippen molar-refractivity contribution in [2.45, 2.75) is 44.4 Å². The highest BCUT2D eigenvalue weighted by atomic mass is 32.1. The van der Waals surface area contributed by atoms with Gasteiger partial charge in [-0.1, -0.05) is 0 Å². The second-order valence-electron chi connectivity index (χ2n) is 9.00. The number of thiazole rings is 1. The highest BCUT2D eigenvalue weighted by Crippen LogP contribution is 2.37. The Labute approximate surface area is 210 Å². The van der Waals surface area contributed by atoms with Gasteiger partial charge in [0.2, 0.25) is 0 Å². The molecule has 4 heterocycles. The van der Waals surface area contributed by atoms with Crippen LogP contribution < -0.4 is 21.7 Å². The number of nitrogen functional groups attached to an aromatic ring is 1. The Hall–Kier alpha value is -2.38. The molecule has 0 radical (unpaired) electrons. The van der Waals surface area contributed by atoms with E-state index in [-0.39, 0.29) is 29.9 Å². The van der Waals surface area contributed by atoms with Crippen molar-refractivity contribution < 1.29 is 18.7 Å². The molecule has 5 rings (SSSR count). The molecule has 5 N–H and O–H groups in total. The van der Waals surface area contributed by atoms with Gasteiger partial charge in [-0.25, -0.2) is 14.4 Å². The van der Waals surface area contributed by atoms with Gasteiger partial charge in [-0.15, -0.1) is 22.7 Å². The lowest BCUT2D eigenvalue weighted by molar-refractivity contribution is 0.0212. The molecule has 9 nitrogen and oxygen atoms in total. The molecule has 35 heavy (non-hydrogen) atoms. The van der Waals surface area contributed by atoms with Gasteiger partial charge >= 0.3 is 0 Å². The van der Waals surface area contributed by atoms with Gasteiger partial charge in [-0.2, -0.15) is 0 Å². The van der Waals surface area contributed by atoms with Crippen molar-refractivity contribution in [3.8, 4) is 0 Å². The first-order valence-corrected chi connectivity index (χ1v) is 13.2. The number of halogens is 1. The predicted molar refractivity (Wildman–Crippen MR) is 136 cm³/mol. The van der Waals surface area contributed by atoms with Crippen LogP contribution >= 0.6 is 22.7 Å². The molecule has 0 saturated carbocycles. The number of aryl methyl sites for hydroxylation is 2. The van der Waals surface area contributed by atoms with E-state index < -0.39 is 0 Å². The number of anilines is 2. The summed E-state index contributed by atoms with van der Waals surface area (Å²) in [4.78, 5) is 25.1. The fourth-order valence-electron chi connectivity index (χ4n) is 4.72. The molecule has 3 unspecified atom stereocenters. The van der Waals surface area contributed by atoms with Crippen LogP contribution in [0.15, 0.2) is 6.07 Å². The predicted octanol–water partition coefficient (Wildman–Crippen LogP) is 2.25. The summed E-state index contributed by atoms with van der Waals surface area (Å²) in [5.41, 5.74) is 14.6. The Morgan fingerprint density at radius 1 is 1.31 bits per heavy atom. The van der Waals surface area contributed by atoms with E-state index in [1.54, 1.807) is 13.2 Å². The van der Waals surface area contributed by atoms with Crippen molar-refractivity contribution in [2.75, 3.05) is 44.0 Å². The highest BCUT2D eigenvalue weighted by molar-refractivity contribution is 7.29. The van der Waals surface area contributed by atoms with Gasteiger partial charge in [-0.3, -0.25) is 4.79 Å². The fourth-order valence-corrected chi connectivity index (χ4v) is 6.82. The van der Waals surface area contributed by atoms with Crippen LogP contribution in [0.25, 0.3) is 9.53 Å². The van der Waals surface area contributed by atoms with Crippen molar-refractivity contribution in [1.82, 2.24) is 15.3 Å². The van der Waals surface area contributed by atoms with Crippen LogP contribution in [-0.4, -0.2) is 67.5 Å². The smallest absolute Gasteiger partial charge is 0.263 e. The van der Waals surface area contributed by atoms with Gasteiger partial charge in [0.1, 0.15) is 9.71 Å². The van der Waals surface area contributed by atoms with Gasteiger partial charge in [0.25, 0.3) is 5.91 Å². The van der Waals surface area contributed by atoms with Crippen LogP contribution in [0.1, 0.15) is 32.4 Å². The Kier molecular flexibility index (Phi) is 6.91. The third-order valence-electron chi connectivity index (χ3n) is 6.48. The van der Waals surface area contributed by atoms with E-state index >= 15 is 4.39 Å². The molecule has 188 valence electrons. The molecule has 2 aliphatic rings. The van der Waals surface area contributed by atoms with Gasteiger partial charge in [-0.05, 0) is 37.8 Å². The number of nitrogens with one attached hydrogen (secondary N) is 1. The monoisotopic (exact) mass is 520 g/mol. The number of methoxy groups -OCH3 is 1. The number of rotatable bonds is 7. The first kappa shape index (κ1) is 24.3. The van der Waals surface area contributed by atoms with Gasteiger partial charge < -0.3 is 31.2 Å². The van der Waals surface area contributed by atoms with E-state index in [1.165, 1.54) is 22.7 Å². The molecule has 1 saturated heterocycles. The summed E-state index contributed by atoms with van der Waals surface area (Å²) >= 11 is 2.80. The zero-order valence-corrected chi connectivity index (χ0v) is 21.3. The zero-order chi connectivity index (χ0) is 24.7. The third-order valence-corrected chi connectivity index (χ3v) is 8.71. The Morgan fingerprint density at radius 2 is 2.14 bits per heavy atom. The second kappa shape index (κ2) is 9.94. The van der Waals surface area contributed by atoms with E-state index in [0.29, 0.717) is 55.5 Å². The van der Waals surface area contributed by atoms with Gasteiger partial charge in [0.15, 0.2) is 11.6 Å². The number of fused-ring (bicyclic) bond motifs is 2. The number of pyridine rings is 1. The van der Waals surface area contributed by atoms with Crippen molar-refractivity contribution in [2.24, 2.45) is 5.73 Å². The molecule has 1 aliphatic heterocycles. The highest BCUT2D eigenvalue weighted by Gasteiger charge is 2.34. The number of carbonyl (C=O) groups is 1. The summed E-state index contributed by atoms with van der Waals surface area (Å²) in [6.07, 6.45) is 1.69. The molecule has 0 aromatic carbocycles. The largest absolute Gasteiger partial charge is 0.396 e. The molecule has 3 aromatic heterocycles. The second-order valence-corrected chi connectivity index (χ2v) is 11.2. The number of aromatic nitrogens is 2. The van der Waals surface area contributed by atoms with Crippen molar-refractivity contribution in [1.29, 1.82) is 0 Å². The topological polar surface area (TPSA) is 129 Å². The first-order chi connectivity index (χ1) is 16.8. The molecule has 1 fully saturated rings. The molecular weight excluding hydrogens is 491 g/mol. The lowest BCUT2D eigenvalue weighted by Crippen LogP contribution is -2.39. The van der Waals surface area contributed by atoms with Crippen LogP contribution in [-0.2, 0) is 22.3 Å². The van der Waals surface area contributed by atoms with Crippen LogP contribution in [0.3, 0.4) is 0 Å². The molecule has 1 amide bonds. The summed E-state index contributed by atoms with van der Waals surface area (Å²) in [5, 5.41) is 4.00. The number of thiophene rings is 1. The quantitative estimate of drug-likeness (QED) is 0.405. The van der Waals surface area contributed by atoms with E-state index in [0.717, 1.165) is 32.2 Å². The van der Waals surface area contributed by atoms with Crippen LogP contribution in [0.2, 0.25) is 0 Å². The maximum absolute atomic E-state index is 15.1. The Bertz CT molecular complexity index is 1250. The van der Waals surface area contributed by atoms with Crippen LogP contribution in [0, 0.1) is 12.7 Å². The number of nitrogens with two attached hydrogens (primary N) is 2. The Balaban J connectivity index is 1.25. The molecular formula is C23H29FN6O3S2. The summed E-state index contributed by atoms with van der Waals surface area (Å²) < 4.78 is 26.8. The van der Waals surface area contributed by atoms with Gasteiger partial charge in [0, 0.05) is 31.9 Å². The number of amides is 1. The minimum atomic E-state index is -0.385. The maximum atomic E-state index is 15.1. The molecule has 0 bridgehead atoms. The number of carbonyl (C=O) groups excluding carboxylic acids is 1. The number of ether oxygens (including phenoxy) is 2. The molecule has 3 aromatic rings. The van der Waals surface area contributed by atoms with E-state index in [1.807, 2.05) is 11.8 Å². The van der Waals surface area contributed by atoms with E-state index in [9.17, 15) is 4.79 Å². The SMILES string of the molecule is COCCOC1CN(c2nc3c(cc2F)CC(NC(=O)c2sc4nc(C)sc4c2N)CC3)CC1N. The summed E-state index contributed by atoms with van der Waals surface area (Å²) in [5.74, 6) is -0.280. The summed E-state index contributed by atoms with van der Waals surface area (Å²) in [7, 11) is 1.62. The normalized spacial score (nSPS) is 22.1.